The van der Waals surface area contributed by atoms with Gasteiger partial charge in [-0.15, -0.1) is 11.6 Å². The molecule has 1 aromatic carbocycles. The Bertz CT molecular complexity index is 653. The van der Waals surface area contributed by atoms with E-state index in [0.717, 1.165) is 16.6 Å². The number of nitrogens with zero attached hydrogens (tertiary/aromatic N) is 1. The first-order valence-electron chi connectivity index (χ1n) is 5.73. The molecule has 0 aliphatic carbocycles. The number of pyridine rings is 1. The number of hydrogen-bond acceptors (Lipinski definition) is 2. The number of alkyl halides is 1. The molecule has 2 rings (SSSR count). The van der Waals surface area contributed by atoms with Crippen molar-refractivity contribution < 1.29 is 4.79 Å². The fraction of sp³-hybridized carbons (Fsp3) is 0.143. The maximum absolute atomic E-state index is 11.4. The predicted molar refractivity (Wildman–Crippen MR) is 80.8 cm³/mol. The van der Waals surface area contributed by atoms with Crippen molar-refractivity contribution in [2.24, 2.45) is 0 Å². The average molecular weight is 295 g/mol. The van der Waals surface area contributed by atoms with E-state index in [-0.39, 0.29) is 11.8 Å². The summed E-state index contributed by atoms with van der Waals surface area (Å²) in [5.41, 5.74) is 2.17. The summed E-state index contributed by atoms with van der Waals surface area (Å²) in [4.78, 5) is 15.9. The molecule has 0 bridgehead atoms. The maximum Gasteiger partial charge on any atom is 0.239 e. The number of rotatable bonds is 3. The molecule has 0 fully saturated rings. The van der Waals surface area contributed by atoms with E-state index < -0.39 is 0 Å². The number of allylic oxidation sites excluding steroid dienone is 1. The normalized spacial score (nSPS) is 11.1. The van der Waals surface area contributed by atoms with E-state index in [4.69, 9.17) is 23.2 Å². The van der Waals surface area contributed by atoms with E-state index in [0.29, 0.717) is 10.7 Å². The number of hydrogen-bond donors (Lipinski definition) is 1. The Hall–Kier alpha value is -1.58. The van der Waals surface area contributed by atoms with Gasteiger partial charge in [0, 0.05) is 5.39 Å². The molecular weight excluding hydrogens is 283 g/mol. The van der Waals surface area contributed by atoms with E-state index >= 15 is 0 Å². The van der Waals surface area contributed by atoms with Crippen LogP contribution >= 0.6 is 23.2 Å². The molecule has 0 saturated carbocycles. The highest BCUT2D eigenvalue weighted by Gasteiger charge is 2.10. The summed E-state index contributed by atoms with van der Waals surface area (Å²) in [6.07, 6.45) is 3.82. The molecule has 0 atom stereocenters. The second-order valence-electron chi connectivity index (χ2n) is 3.91. The molecule has 2 aromatic rings. The number of carbonyl (C=O) groups excluding carboxylic acids is 1. The van der Waals surface area contributed by atoms with Crippen LogP contribution in [0.5, 0.6) is 0 Å². The zero-order chi connectivity index (χ0) is 13.8. The lowest BCUT2D eigenvalue weighted by molar-refractivity contribution is -0.113. The van der Waals surface area contributed by atoms with Crippen molar-refractivity contribution in [3.63, 3.8) is 0 Å². The maximum atomic E-state index is 11.4. The summed E-state index contributed by atoms with van der Waals surface area (Å²) in [7, 11) is 0. The second-order valence-corrected chi connectivity index (χ2v) is 4.58. The van der Waals surface area contributed by atoms with Gasteiger partial charge in [-0.2, -0.15) is 0 Å². The van der Waals surface area contributed by atoms with Gasteiger partial charge in [-0.05, 0) is 37.3 Å². The lowest BCUT2D eigenvalue weighted by atomic mass is 10.1. The van der Waals surface area contributed by atoms with Crippen molar-refractivity contribution in [1.82, 2.24) is 4.98 Å². The Morgan fingerprint density at radius 3 is 2.84 bits per heavy atom. The molecule has 1 amide bonds. The molecular formula is C14H12Cl2N2O. The fourth-order valence-electron chi connectivity index (χ4n) is 1.76. The molecule has 3 nitrogen and oxygen atoms in total. The number of aromatic nitrogens is 1. The first-order chi connectivity index (χ1) is 9.15. The minimum Gasteiger partial charge on any atom is -0.323 e. The lowest BCUT2D eigenvalue weighted by Crippen LogP contribution is -2.13. The number of benzene rings is 1. The average Bonchev–Trinajstić information content (AvgIpc) is 2.42. The number of fused-ring (bicyclic) bond motifs is 1. The van der Waals surface area contributed by atoms with Gasteiger partial charge in [-0.3, -0.25) is 4.79 Å². The van der Waals surface area contributed by atoms with Gasteiger partial charge in [0.15, 0.2) is 0 Å². The molecule has 1 aromatic heterocycles. The van der Waals surface area contributed by atoms with Gasteiger partial charge >= 0.3 is 0 Å². The third-order valence-corrected chi connectivity index (χ3v) is 3.12. The summed E-state index contributed by atoms with van der Waals surface area (Å²) in [6, 6.07) is 7.28. The number of halogens is 2. The van der Waals surface area contributed by atoms with Crippen LogP contribution in [0.1, 0.15) is 12.6 Å². The third-order valence-electron chi connectivity index (χ3n) is 2.57. The van der Waals surface area contributed by atoms with Crippen molar-refractivity contribution >= 4 is 51.8 Å². The van der Waals surface area contributed by atoms with Gasteiger partial charge < -0.3 is 5.32 Å². The molecule has 19 heavy (non-hydrogen) atoms. The topological polar surface area (TPSA) is 42.0 Å². The minimum atomic E-state index is -0.298. The highest BCUT2D eigenvalue weighted by Crippen LogP contribution is 2.30. The van der Waals surface area contributed by atoms with Gasteiger partial charge in [0.25, 0.3) is 0 Å². The zero-order valence-corrected chi connectivity index (χ0v) is 11.8. The zero-order valence-electron chi connectivity index (χ0n) is 10.3. The number of carbonyl (C=O) groups is 1. The number of anilines is 1. The van der Waals surface area contributed by atoms with Crippen molar-refractivity contribution in [1.29, 1.82) is 0 Å². The first kappa shape index (κ1) is 13.8. The highest BCUT2D eigenvalue weighted by atomic mass is 35.5. The molecule has 98 valence electrons. The number of nitrogens with one attached hydrogen (secondary N) is 1. The Morgan fingerprint density at radius 2 is 2.16 bits per heavy atom. The van der Waals surface area contributed by atoms with Crippen LogP contribution < -0.4 is 5.32 Å². The van der Waals surface area contributed by atoms with Gasteiger partial charge in [-0.25, -0.2) is 4.98 Å². The van der Waals surface area contributed by atoms with Crippen LogP contribution in [0.3, 0.4) is 0 Å². The van der Waals surface area contributed by atoms with E-state index in [1.807, 2.05) is 37.3 Å². The van der Waals surface area contributed by atoms with Crippen LogP contribution in [-0.2, 0) is 4.79 Å². The minimum absolute atomic E-state index is 0.114. The van der Waals surface area contributed by atoms with Crippen molar-refractivity contribution in [2.75, 3.05) is 11.2 Å². The molecule has 0 spiro atoms. The van der Waals surface area contributed by atoms with Crippen LogP contribution in [0.4, 0.5) is 5.69 Å². The van der Waals surface area contributed by atoms with E-state index in [1.54, 1.807) is 6.07 Å². The predicted octanol–water partition coefficient (Wildman–Crippen LogP) is 4.10. The van der Waals surface area contributed by atoms with E-state index in [9.17, 15) is 4.79 Å². The van der Waals surface area contributed by atoms with Crippen molar-refractivity contribution in [3.05, 3.63) is 41.1 Å². The molecule has 0 unspecified atom stereocenters. The molecule has 0 aliphatic rings. The Morgan fingerprint density at radius 1 is 1.37 bits per heavy atom. The first-order valence-corrected chi connectivity index (χ1v) is 6.64. The molecule has 1 heterocycles. The molecule has 0 radical (unpaired) electrons. The quantitative estimate of drug-likeness (QED) is 0.866. The molecule has 1 N–H and O–H groups in total. The van der Waals surface area contributed by atoms with Crippen LogP contribution in [0, 0.1) is 0 Å². The van der Waals surface area contributed by atoms with Crippen LogP contribution in [0.15, 0.2) is 30.3 Å². The highest BCUT2D eigenvalue weighted by molar-refractivity contribution is 6.36. The largest absolute Gasteiger partial charge is 0.323 e. The lowest BCUT2D eigenvalue weighted by Gasteiger charge is -2.09. The van der Waals surface area contributed by atoms with Crippen molar-refractivity contribution in [2.45, 2.75) is 6.92 Å². The summed E-state index contributed by atoms with van der Waals surface area (Å²) >= 11 is 11.6. The standard InChI is InChI=1S/C14H12Cl2N2O/c1-2-3-9-4-5-10-12(17-9)7-6-11(16)14(10)18-13(19)8-15/h2-7H,8H2,1H3,(H,18,19). The van der Waals surface area contributed by atoms with Gasteiger partial charge in [0.1, 0.15) is 5.88 Å². The fourth-order valence-corrected chi connectivity index (χ4v) is 2.04. The van der Waals surface area contributed by atoms with Crippen LogP contribution in [0.25, 0.3) is 17.0 Å². The molecule has 0 saturated heterocycles. The summed E-state index contributed by atoms with van der Waals surface area (Å²) < 4.78 is 0. The third kappa shape index (κ3) is 3.06. The molecule has 5 heteroatoms. The van der Waals surface area contributed by atoms with Crippen LogP contribution in [-0.4, -0.2) is 16.8 Å². The van der Waals surface area contributed by atoms with Crippen molar-refractivity contribution in [3.8, 4) is 0 Å². The Labute approximate surface area is 121 Å². The number of amides is 1. The summed E-state index contributed by atoms with van der Waals surface area (Å²) in [6.45, 7) is 1.93. The van der Waals surface area contributed by atoms with E-state index in [2.05, 4.69) is 10.3 Å². The molecule has 0 aliphatic heterocycles. The summed E-state index contributed by atoms with van der Waals surface area (Å²) in [5, 5.41) is 3.95. The SMILES string of the molecule is CC=Cc1ccc2c(NC(=O)CCl)c(Cl)ccc2n1. The van der Waals surface area contributed by atoms with Crippen LogP contribution in [0.2, 0.25) is 5.02 Å². The van der Waals surface area contributed by atoms with Gasteiger partial charge in [0.05, 0.1) is 21.9 Å². The Balaban J connectivity index is 2.56. The Kier molecular flexibility index (Phi) is 4.40. The van der Waals surface area contributed by atoms with Gasteiger partial charge in [0.2, 0.25) is 5.91 Å². The van der Waals surface area contributed by atoms with Gasteiger partial charge in [-0.1, -0.05) is 17.7 Å². The van der Waals surface area contributed by atoms with E-state index in [1.165, 1.54) is 0 Å². The summed E-state index contributed by atoms with van der Waals surface area (Å²) in [5.74, 6) is -0.412. The monoisotopic (exact) mass is 294 g/mol. The smallest absolute Gasteiger partial charge is 0.239 e. The second kappa shape index (κ2) is 6.04.